The summed E-state index contributed by atoms with van der Waals surface area (Å²) < 4.78 is 105. The van der Waals surface area contributed by atoms with E-state index >= 15 is 0 Å². The van der Waals surface area contributed by atoms with Gasteiger partial charge in [-0.05, 0) is 0 Å². The van der Waals surface area contributed by atoms with E-state index in [1.807, 2.05) is 0 Å². The van der Waals surface area contributed by atoms with E-state index < -0.39 is 40.2 Å². The van der Waals surface area contributed by atoms with Crippen molar-refractivity contribution in [2.75, 3.05) is 0 Å². The molecule has 0 aromatic rings. The van der Waals surface area contributed by atoms with Crippen molar-refractivity contribution in [2.24, 2.45) is 5.14 Å². The van der Waals surface area contributed by atoms with Crippen LogP contribution in [0.25, 0.3) is 0 Å². The van der Waals surface area contributed by atoms with E-state index in [2.05, 4.69) is 5.14 Å². The molecule has 106 valence electrons. The predicted octanol–water partition coefficient (Wildman–Crippen LogP) is -0.275. The van der Waals surface area contributed by atoms with Gasteiger partial charge in [-0.2, -0.15) is 21.6 Å². The molecular formula is C3H5F6N2O4S2-. The van der Waals surface area contributed by atoms with Gasteiger partial charge in [0, 0.05) is 11.3 Å². The summed E-state index contributed by atoms with van der Waals surface area (Å²) in [6, 6.07) is 0. The third-order valence-electron chi connectivity index (χ3n) is 0.718. The lowest BCUT2D eigenvalue weighted by atomic mass is 10.4. The smallest absolute Gasteiger partial charge is 0.425 e. The second-order valence-electron chi connectivity index (χ2n) is 2.14. The molecular weight excluding hydrogens is 306 g/mol. The minimum absolute atomic E-state index is 1.05. The van der Waals surface area contributed by atoms with Gasteiger partial charge in [0.2, 0.25) is 0 Å². The Morgan fingerprint density at radius 2 is 1.59 bits per heavy atom. The van der Waals surface area contributed by atoms with E-state index in [1.54, 1.807) is 0 Å². The fraction of sp³-hybridized carbons (Fsp3) is 1.00. The van der Waals surface area contributed by atoms with Crippen molar-refractivity contribution in [1.82, 2.24) is 4.13 Å². The van der Waals surface area contributed by atoms with Crippen LogP contribution in [0.5, 0.6) is 0 Å². The molecule has 17 heavy (non-hydrogen) atoms. The number of hydrogen-bond donors (Lipinski definition) is 2. The van der Waals surface area contributed by atoms with Gasteiger partial charge < -0.3 is 4.55 Å². The molecule has 3 N–H and O–H groups in total. The SMILES string of the molecule is FC(F)C(F)C(F)(F)F.NS(=O)(=O)NS(=O)[O-]. The number of alkyl halides is 6. The van der Waals surface area contributed by atoms with E-state index in [0.29, 0.717) is 0 Å². The molecule has 14 heteroatoms. The van der Waals surface area contributed by atoms with Gasteiger partial charge in [0.15, 0.2) is 0 Å². The number of nitrogens with two attached hydrogens (primary N) is 1. The Bertz CT molecular complexity index is 342. The number of rotatable bonds is 3. The fourth-order valence-corrected chi connectivity index (χ4v) is 0.996. The monoisotopic (exact) mass is 311 g/mol. The molecule has 0 heterocycles. The van der Waals surface area contributed by atoms with E-state index in [4.69, 9.17) is 0 Å². The van der Waals surface area contributed by atoms with Crippen molar-refractivity contribution < 1.29 is 43.5 Å². The maximum Gasteiger partial charge on any atom is 0.425 e. The van der Waals surface area contributed by atoms with Crippen molar-refractivity contribution in [3.8, 4) is 0 Å². The van der Waals surface area contributed by atoms with Crippen LogP contribution in [0.4, 0.5) is 26.3 Å². The van der Waals surface area contributed by atoms with Gasteiger partial charge in [0.05, 0.1) is 0 Å². The first-order valence-electron chi connectivity index (χ1n) is 3.15. The molecule has 0 amide bonds. The summed E-state index contributed by atoms with van der Waals surface area (Å²) in [6.07, 6.45) is -13.4. The molecule has 0 aromatic heterocycles. The van der Waals surface area contributed by atoms with Crippen LogP contribution in [0.3, 0.4) is 0 Å². The molecule has 0 bridgehead atoms. The summed E-state index contributed by atoms with van der Waals surface area (Å²) >= 11 is -2.85. The molecule has 0 aliphatic carbocycles. The standard InChI is InChI=1S/C3H2F6.H4N2O4S2/c4-1(2(5)6)3(7,8)9;1-8(5,6)2-7(3)4/h1-2H;2H,(H,3,4)(H2,1,5,6)/p-1. The summed E-state index contributed by atoms with van der Waals surface area (Å²) in [5.41, 5.74) is 0. The second kappa shape index (κ2) is 7.10. The lowest BCUT2D eigenvalue weighted by Gasteiger charge is -2.09. The minimum Gasteiger partial charge on any atom is -0.759 e. The number of hydrogen-bond acceptors (Lipinski definition) is 4. The van der Waals surface area contributed by atoms with E-state index in [0.717, 1.165) is 4.13 Å². The largest absolute Gasteiger partial charge is 0.759 e. The van der Waals surface area contributed by atoms with Crippen molar-refractivity contribution in [3.63, 3.8) is 0 Å². The molecule has 0 rings (SSSR count). The Kier molecular flexibility index (Phi) is 7.89. The van der Waals surface area contributed by atoms with Gasteiger partial charge in [-0.15, -0.1) is 4.13 Å². The summed E-state index contributed by atoms with van der Waals surface area (Å²) in [4.78, 5) is 0. The summed E-state index contributed by atoms with van der Waals surface area (Å²) in [5, 5.41) is 4.20. The molecule has 0 aromatic carbocycles. The Hall–Kier alpha value is -0.440. The summed E-state index contributed by atoms with van der Waals surface area (Å²) in [6.45, 7) is 0. The normalized spacial score (nSPS) is 16.1. The molecule has 0 aliphatic rings. The molecule has 0 spiro atoms. The van der Waals surface area contributed by atoms with Gasteiger partial charge in [-0.3, -0.25) is 4.21 Å². The zero-order chi connectivity index (χ0) is 14.4. The molecule has 0 fully saturated rings. The highest BCUT2D eigenvalue weighted by Gasteiger charge is 2.46. The average Bonchev–Trinajstić information content (AvgIpc) is 1.96. The predicted molar refractivity (Wildman–Crippen MR) is 42.1 cm³/mol. The second-order valence-corrected chi connectivity index (χ2v) is 4.37. The van der Waals surface area contributed by atoms with Gasteiger partial charge in [-0.25, -0.2) is 18.3 Å². The highest BCUT2D eigenvalue weighted by atomic mass is 32.3. The Labute approximate surface area is 93.8 Å². The van der Waals surface area contributed by atoms with Gasteiger partial charge in [-0.1, -0.05) is 0 Å². The Morgan fingerprint density at radius 3 is 1.59 bits per heavy atom. The van der Waals surface area contributed by atoms with Crippen molar-refractivity contribution in [2.45, 2.75) is 18.8 Å². The molecule has 2 unspecified atom stereocenters. The molecule has 0 saturated heterocycles. The third kappa shape index (κ3) is 13.5. The molecule has 2 atom stereocenters. The zero-order valence-electron chi connectivity index (χ0n) is 7.45. The first-order valence-corrected chi connectivity index (χ1v) is 5.78. The van der Waals surface area contributed by atoms with Crippen LogP contribution in [-0.4, -0.2) is 36.0 Å². The van der Waals surface area contributed by atoms with Crippen molar-refractivity contribution >= 4 is 21.5 Å². The third-order valence-corrected chi connectivity index (χ3v) is 2.19. The maximum atomic E-state index is 11.2. The van der Waals surface area contributed by atoms with Crippen LogP contribution >= 0.6 is 0 Å². The molecule has 0 saturated carbocycles. The molecule has 0 radical (unpaired) electrons. The number of halogens is 6. The topological polar surface area (TPSA) is 112 Å². The van der Waals surface area contributed by atoms with E-state index in [-0.39, 0.29) is 0 Å². The van der Waals surface area contributed by atoms with Gasteiger partial charge >= 0.3 is 6.18 Å². The highest BCUT2D eigenvalue weighted by Crippen LogP contribution is 2.27. The first-order chi connectivity index (χ1) is 7.27. The number of nitrogens with one attached hydrogen (secondary N) is 1. The Balaban J connectivity index is 0. The van der Waals surface area contributed by atoms with Crippen LogP contribution in [0.15, 0.2) is 0 Å². The average molecular weight is 311 g/mol. The van der Waals surface area contributed by atoms with Gasteiger partial charge in [0.25, 0.3) is 22.8 Å². The van der Waals surface area contributed by atoms with Crippen LogP contribution in [0.1, 0.15) is 0 Å². The maximum absolute atomic E-state index is 11.2. The van der Waals surface area contributed by atoms with Crippen LogP contribution < -0.4 is 9.27 Å². The quantitative estimate of drug-likeness (QED) is 0.551. The summed E-state index contributed by atoms with van der Waals surface area (Å²) in [7, 11) is -4.09. The van der Waals surface area contributed by atoms with Crippen LogP contribution in [0, 0.1) is 0 Å². The minimum atomic E-state index is -5.44. The Morgan fingerprint density at radius 1 is 1.24 bits per heavy atom. The highest BCUT2D eigenvalue weighted by molar-refractivity contribution is 7.98. The van der Waals surface area contributed by atoms with E-state index in [9.17, 15) is 43.5 Å². The fourth-order valence-electron chi connectivity index (χ4n) is 0.238. The lowest BCUT2D eigenvalue weighted by Crippen LogP contribution is -2.31. The lowest BCUT2D eigenvalue weighted by molar-refractivity contribution is -0.211. The van der Waals surface area contributed by atoms with E-state index in [1.165, 1.54) is 0 Å². The first kappa shape index (κ1) is 18.9. The van der Waals surface area contributed by atoms with Crippen molar-refractivity contribution in [3.05, 3.63) is 0 Å². The summed E-state index contributed by atoms with van der Waals surface area (Å²) in [5.74, 6) is 0. The van der Waals surface area contributed by atoms with Crippen LogP contribution in [0.2, 0.25) is 0 Å². The zero-order valence-corrected chi connectivity index (χ0v) is 9.08. The van der Waals surface area contributed by atoms with Gasteiger partial charge in [0.1, 0.15) is 0 Å². The molecule has 6 nitrogen and oxygen atoms in total. The van der Waals surface area contributed by atoms with Crippen LogP contribution in [-0.2, 0) is 21.5 Å². The molecule has 0 aliphatic heterocycles. The van der Waals surface area contributed by atoms with Crippen molar-refractivity contribution in [1.29, 1.82) is 0 Å².